The number of fused-ring (bicyclic) bond motifs is 1. The molecule has 42 heavy (non-hydrogen) atoms. The molecule has 0 saturated carbocycles. The van der Waals surface area contributed by atoms with Crippen molar-refractivity contribution in [3.63, 3.8) is 0 Å². The first kappa shape index (κ1) is 28.2. The number of hydrogen-bond donors (Lipinski definition) is 1. The molecule has 0 amide bonds. The van der Waals surface area contributed by atoms with Crippen molar-refractivity contribution in [1.82, 2.24) is 14.9 Å². The van der Waals surface area contributed by atoms with Crippen LogP contribution in [0.15, 0.2) is 90.1 Å². The van der Waals surface area contributed by atoms with Crippen LogP contribution in [0, 0.1) is 11.6 Å². The number of halogens is 3. The van der Waals surface area contributed by atoms with Crippen LogP contribution >= 0.6 is 11.6 Å². The van der Waals surface area contributed by atoms with E-state index in [1.165, 1.54) is 17.8 Å². The minimum absolute atomic E-state index is 0.0414. The molecule has 0 bridgehead atoms. The molecule has 0 spiro atoms. The maximum Gasteiger partial charge on any atom is 0.264 e. The van der Waals surface area contributed by atoms with Gasteiger partial charge in [-0.25, -0.2) is 22.2 Å². The minimum Gasteiger partial charge on any atom is -0.379 e. The van der Waals surface area contributed by atoms with Crippen LogP contribution in [0.5, 0.6) is 0 Å². The molecule has 6 rings (SSSR count). The van der Waals surface area contributed by atoms with Gasteiger partial charge < -0.3 is 4.74 Å². The highest BCUT2D eigenvalue weighted by molar-refractivity contribution is 7.92. The summed E-state index contributed by atoms with van der Waals surface area (Å²) in [6.07, 6.45) is 3.29. The summed E-state index contributed by atoms with van der Waals surface area (Å²) in [7, 11) is -4.41. The fourth-order valence-corrected chi connectivity index (χ4v) is 6.28. The molecule has 3 heterocycles. The van der Waals surface area contributed by atoms with Crippen molar-refractivity contribution in [2.45, 2.75) is 11.4 Å². The molecular formula is C31H25ClF2N4O3S. The number of sulfonamides is 1. The topological polar surface area (TPSA) is 84.4 Å². The van der Waals surface area contributed by atoms with E-state index in [1.807, 2.05) is 24.3 Å². The molecule has 1 fully saturated rings. The summed E-state index contributed by atoms with van der Waals surface area (Å²) in [5.41, 5.74) is 5.34. The van der Waals surface area contributed by atoms with E-state index in [0.29, 0.717) is 11.6 Å². The van der Waals surface area contributed by atoms with Gasteiger partial charge in [0, 0.05) is 49.0 Å². The van der Waals surface area contributed by atoms with Gasteiger partial charge in [-0.3, -0.25) is 14.6 Å². The van der Waals surface area contributed by atoms with Gasteiger partial charge in [0.1, 0.15) is 16.5 Å². The molecule has 0 atom stereocenters. The van der Waals surface area contributed by atoms with Crippen LogP contribution in [0.2, 0.25) is 5.15 Å². The van der Waals surface area contributed by atoms with Crippen molar-refractivity contribution in [1.29, 1.82) is 0 Å². The summed E-state index contributed by atoms with van der Waals surface area (Å²) in [4.78, 5) is 10.3. The number of morpholine rings is 1. The summed E-state index contributed by atoms with van der Waals surface area (Å²) in [6, 6.07) is 19.9. The summed E-state index contributed by atoms with van der Waals surface area (Å²) in [5, 5.41) is 0.784. The number of pyridine rings is 2. The Bertz CT molecular complexity index is 1880. The zero-order valence-corrected chi connectivity index (χ0v) is 23.8. The van der Waals surface area contributed by atoms with E-state index in [2.05, 4.69) is 43.9 Å². The molecule has 214 valence electrons. The summed E-state index contributed by atoms with van der Waals surface area (Å²) < 4.78 is 61.0. The Morgan fingerprint density at radius 2 is 1.64 bits per heavy atom. The van der Waals surface area contributed by atoms with E-state index in [1.54, 1.807) is 6.20 Å². The lowest BCUT2D eigenvalue weighted by atomic mass is 9.97. The number of aromatic nitrogens is 2. The molecule has 5 aromatic rings. The highest BCUT2D eigenvalue weighted by Gasteiger charge is 2.22. The molecule has 1 aliphatic rings. The van der Waals surface area contributed by atoms with Crippen molar-refractivity contribution in [2.75, 3.05) is 31.0 Å². The molecule has 0 unspecified atom stereocenters. The Labute approximate surface area is 246 Å². The Balaban J connectivity index is 1.31. The van der Waals surface area contributed by atoms with Crippen molar-refractivity contribution in [3.8, 4) is 22.3 Å². The monoisotopic (exact) mass is 606 g/mol. The number of anilines is 1. The fourth-order valence-electron chi connectivity index (χ4n) is 4.96. The molecule has 2 aromatic heterocycles. The molecule has 1 saturated heterocycles. The molecule has 1 aliphatic heterocycles. The lowest BCUT2D eigenvalue weighted by molar-refractivity contribution is 0.0342. The van der Waals surface area contributed by atoms with Crippen LogP contribution in [-0.4, -0.2) is 49.6 Å². The average Bonchev–Trinajstić information content (AvgIpc) is 2.98. The molecule has 0 radical (unpaired) electrons. The third-order valence-corrected chi connectivity index (χ3v) is 8.82. The van der Waals surface area contributed by atoms with Crippen LogP contribution in [-0.2, 0) is 21.3 Å². The number of benzene rings is 3. The van der Waals surface area contributed by atoms with Gasteiger partial charge in [0.05, 0.1) is 24.4 Å². The van der Waals surface area contributed by atoms with Crippen LogP contribution in [0.25, 0.3) is 33.2 Å². The van der Waals surface area contributed by atoms with Crippen molar-refractivity contribution in [3.05, 3.63) is 108 Å². The maximum absolute atomic E-state index is 14.2. The quantitative estimate of drug-likeness (QED) is 0.212. The molecule has 3 aromatic carbocycles. The van der Waals surface area contributed by atoms with Crippen molar-refractivity contribution >= 4 is 38.2 Å². The number of hydrogen-bond acceptors (Lipinski definition) is 6. The molecule has 11 heteroatoms. The number of nitrogens with one attached hydrogen (secondary N) is 1. The highest BCUT2D eigenvalue weighted by Crippen LogP contribution is 2.34. The standard InChI is InChI=1S/C31H25ClF2N4O3S/c32-31-29(37-42(39,40)30-8-6-24(33)17-27(30)34)16-23(18-36-31)22-5-7-28-26(15-22)25(9-10-35-28)21-3-1-20(2-4-21)19-38-11-13-41-14-12-38/h1-10,15-18,37H,11-14,19H2. The van der Waals surface area contributed by atoms with E-state index in [9.17, 15) is 17.2 Å². The first-order chi connectivity index (χ1) is 20.3. The van der Waals surface area contributed by atoms with Crippen LogP contribution in [0.3, 0.4) is 0 Å². The van der Waals surface area contributed by atoms with Gasteiger partial charge in [0.25, 0.3) is 10.0 Å². The first-order valence-corrected chi connectivity index (χ1v) is 15.0. The lowest BCUT2D eigenvalue weighted by Crippen LogP contribution is -2.35. The predicted molar refractivity (Wildman–Crippen MR) is 159 cm³/mol. The van der Waals surface area contributed by atoms with Crippen molar-refractivity contribution in [2.24, 2.45) is 0 Å². The molecule has 1 N–H and O–H groups in total. The minimum atomic E-state index is -4.41. The SMILES string of the molecule is O=S(=O)(Nc1cc(-c2ccc3nccc(-c4ccc(CN5CCOCC5)cc4)c3c2)cnc1Cl)c1ccc(F)cc1F. The van der Waals surface area contributed by atoms with Gasteiger partial charge in [-0.05, 0) is 58.7 Å². The predicted octanol–water partition coefficient (Wildman–Crippen LogP) is 6.53. The Morgan fingerprint density at radius 3 is 2.40 bits per heavy atom. The van der Waals surface area contributed by atoms with Crippen molar-refractivity contribution < 1.29 is 21.9 Å². The summed E-state index contributed by atoms with van der Waals surface area (Å²) in [5.74, 6) is -2.10. The van der Waals surface area contributed by atoms with Crippen LogP contribution in [0.4, 0.5) is 14.5 Å². The Hall–Kier alpha value is -3.96. The number of nitrogens with zero attached hydrogens (tertiary/aromatic N) is 3. The van der Waals surface area contributed by atoms with Gasteiger partial charge in [-0.15, -0.1) is 0 Å². The second kappa shape index (κ2) is 11.7. The zero-order valence-electron chi connectivity index (χ0n) is 22.2. The average molecular weight is 607 g/mol. The van der Waals surface area contributed by atoms with Gasteiger partial charge in [0.15, 0.2) is 5.15 Å². The summed E-state index contributed by atoms with van der Waals surface area (Å²) >= 11 is 6.21. The third kappa shape index (κ3) is 5.98. The largest absolute Gasteiger partial charge is 0.379 e. The summed E-state index contributed by atoms with van der Waals surface area (Å²) in [6.45, 7) is 4.23. The van der Waals surface area contributed by atoms with Gasteiger partial charge in [-0.2, -0.15) is 0 Å². The zero-order chi connectivity index (χ0) is 29.3. The first-order valence-electron chi connectivity index (χ1n) is 13.2. The smallest absolute Gasteiger partial charge is 0.264 e. The second-order valence-electron chi connectivity index (χ2n) is 9.92. The van der Waals surface area contributed by atoms with Crippen LogP contribution < -0.4 is 4.72 Å². The molecular weight excluding hydrogens is 582 g/mol. The number of ether oxygens (including phenoxy) is 1. The van der Waals surface area contributed by atoms with Gasteiger partial charge >= 0.3 is 0 Å². The van der Waals surface area contributed by atoms with E-state index in [0.717, 1.165) is 72.6 Å². The fraction of sp³-hybridized carbons (Fsp3) is 0.161. The van der Waals surface area contributed by atoms with E-state index in [4.69, 9.17) is 16.3 Å². The third-order valence-electron chi connectivity index (χ3n) is 7.12. The number of rotatable bonds is 7. The van der Waals surface area contributed by atoms with E-state index in [-0.39, 0.29) is 10.8 Å². The van der Waals surface area contributed by atoms with E-state index >= 15 is 0 Å². The lowest BCUT2D eigenvalue weighted by Gasteiger charge is -2.26. The Morgan fingerprint density at radius 1 is 0.881 bits per heavy atom. The maximum atomic E-state index is 14.2. The van der Waals surface area contributed by atoms with Gasteiger partial charge in [0.2, 0.25) is 0 Å². The normalized spacial score (nSPS) is 14.3. The molecule has 7 nitrogen and oxygen atoms in total. The Kier molecular flexibility index (Phi) is 7.87. The van der Waals surface area contributed by atoms with Crippen LogP contribution in [0.1, 0.15) is 5.56 Å². The van der Waals surface area contributed by atoms with Gasteiger partial charge in [-0.1, -0.05) is 41.9 Å². The van der Waals surface area contributed by atoms with E-state index < -0.39 is 26.6 Å². The highest BCUT2D eigenvalue weighted by atomic mass is 35.5. The molecule has 0 aliphatic carbocycles. The second-order valence-corrected chi connectivity index (χ2v) is 11.9.